The van der Waals surface area contributed by atoms with E-state index in [1.807, 2.05) is 6.92 Å². The number of unbranched alkanes of at least 4 members (excludes halogenated alkanes) is 3. The Labute approximate surface area is 122 Å². The number of esters is 1. The SMILES string of the molecule is CCCCCC(=O)OCC.CCCCO.[Na]. The minimum absolute atomic E-state index is 0. The first kappa shape index (κ1) is 21.7. The summed E-state index contributed by atoms with van der Waals surface area (Å²) in [6, 6.07) is 0. The summed E-state index contributed by atoms with van der Waals surface area (Å²) in [7, 11) is 0. The molecule has 0 aliphatic rings. The Morgan fingerprint density at radius 3 is 1.94 bits per heavy atom. The van der Waals surface area contributed by atoms with Crippen molar-refractivity contribution in [2.24, 2.45) is 0 Å². The molecule has 0 rings (SSSR count). The molecule has 0 spiro atoms. The van der Waals surface area contributed by atoms with Gasteiger partial charge >= 0.3 is 5.97 Å². The Morgan fingerprint density at radius 1 is 1.06 bits per heavy atom. The fourth-order valence-corrected chi connectivity index (χ4v) is 0.911. The maximum atomic E-state index is 10.7. The van der Waals surface area contributed by atoms with Crippen molar-refractivity contribution in [2.45, 2.75) is 59.3 Å². The number of aliphatic hydroxyl groups is 1. The smallest absolute Gasteiger partial charge is 0.305 e. The van der Waals surface area contributed by atoms with Gasteiger partial charge in [0, 0.05) is 42.6 Å². The molecule has 0 atom stereocenters. The predicted molar refractivity (Wildman–Crippen MR) is 68.5 cm³/mol. The van der Waals surface area contributed by atoms with Crippen LogP contribution in [0.4, 0.5) is 0 Å². The Balaban J connectivity index is -0.000000242. The van der Waals surface area contributed by atoms with Crippen molar-refractivity contribution in [3.63, 3.8) is 0 Å². The molecule has 0 fully saturated rings. The van der Waals surface area contributed by atoms with Gasteiger partial charge < -0.3 is 9.84 Å². The van der Waals surface area contributed by atoms with Crippen LogP contribution in [-0.4, -0.2) is 53.8 Å². The van der Waals surface area contributed by atoms with Crippen molar-refractivity contribution in [1.29, 1.82) is 0 Å². The molecule has 0 aromatic rings. The Kier molecular flexibility index (Phi) is 28.2. The van der Waals surface area contributed by atoms with Gasteiger partial charge in [0.05, 0.1) is 6.61 Å². The second-order valence-corrected chi connectivity index (χ2v) is 3.34. The van der Waals surface area contributed by atoms with Crippen molar-refractivity contribution in [3.8, 4) is 0 Å². The molecule has 0 aliphatic carbocycles. The van der Waals surface area contributed by atoms with E-state index >= 15 is 0 Å². The van der Waals surface area contributed by atoms with Crippen LogP contribution in [-0.2, 0) is 9.53 Å². The van der Waals surface area contributed by atoms with E-state index in [1.165, 1.54) is 0 Å². The van der Waals surface area contributed by atoms with E-state index in [0.29, 0.717) is 19.6 Å². The van der Waals surface area contributed by atoms with Gasteiger partial charge in [0.15, 0.2) is 0 Å². The number of hydrogen-bond donors (Lipinski definition) is 1. The average molecular weight is 241 g/mol. The monoisotopic (exact) mass is 241 g/mol. The van der Waals surface area contributed by atoms with Crippen LogP contribution in [0.2, 0.25) is 0 Å². The number of ether oxygens (including phenoxy) is 1. The summed E-state index contributed by atoms with van der Waals surface area (Å²) in [5.41, 5.74) is 0. The van der Waals surface area contributed by atoms with E-state index in [0.717, 1.165) is 32.1 Å². The van der Waals surface area contributed by atoms with E-state index in [2.05, 4.69) is 13.8 Å². The average Bonchev–Trinajstić information content (AvgIpc) is 2.21. The summed E-state index contributed by atoms with van der Waals surface area (Å²) in [4.78, 5) is 10.7. The normalized spacial score (nSPS) is 8.50. The molecule has 0 heterocycles. The molecule has 0 aliphatic heterocycles. The van der Waals surface area contributed by atoms with Crippen molar-refractivity contribution >= 4 is 35.5 Å². The number of rotatable bonds is 7. The van der Waals surface area contributed by atoms with Crippen molar-refractivity contribution < 1.29 is 14.6 Å². The molecule has 4 heteroatoms. The Hall–Kier alpha value is 0.430. The van der Waals surface area contributed by atoms with Crippen LogP contribution in [0.15, 0.2) is 0 Å². The third-order valence-corrected chi connectivity index (χ3v) is 1.80. The molecular formula is C12H26NaO3. The van der Waals surface area contributed by atoms with Crippen LogP contribution >= 0.6 is 0 Å². The molecular weight excluding hydrogens is 215 g/mol. The van der Waals surface area contributed by atoms with Gasteiger partial charge in [0.25, 0.3) is 0 Å². The van der Waals surface area contributed by atoms with Crippen LogP contribution in [0.25, 0.3) is 0 Å². The molecule has 0 saturated carbocycles. The number of carbonyl (C=O) groups excluding carboxylic acids is 1. The standard InChI is InChI=1S/C8H16O2.C4H10O.Na/c1-3-5-6-7-8(9)10-4-2;1-2-3-4-5;/h3-7H2,1-2H3;5H,2-4H2,1H3;. The summed E-state index contributed by atoms with van der Waals surface area (Å²) in [5, 5.41) is 8.07. The summed E-state index contributed by atoms with van der Waals surface area (Å²) in [5.74, 6) is -0.0593. The van der Waals surface area contributed by atoms with E-state index in [1.54, 1.807) is 0 Å². The van der Waals surface area contributed by atoms with E-state index in [4.69, 9.17) is 9.84 Å². The first-order chi connectivity index (χ1) is 7.22. The summed E-state index contributed by atoms with van der Waals surface area (Å²) in [6.07, 6.45) is 5.87. The number of carbonyl (C=O) groups is 1. The number of hydrogen-bond acceptors (Lipinski definition) is 3. The molecule has 0 unspecified atom stereocenters. The minimum Gasteiger partial charge on any atom is -0.466 e. The Morgan fingerprint density at radius 2 is 1.62 bits per heavy atom. The van der Waals surface area contributed by atoms with Crippen LogP contribution in [0.5, 0.6) is 0 Å². The summed E-state index contributed by atoms with van der Waals surface area (Å²) >= 11 is 0. The topological polar surface area (TPSA) is 46.5 Å². The molecule has 1 radical (unpaired) electrons. The molecule has 93 valence electrons. The molecule has 0 aromatic carbocycles. The van der Waals surface area contributed by atoms with Crippen molar-refractivity contribution in [2.75, 3.05) is 13.2 Å². The molecule has 0 bridgehead atoms. The molecule has 1 N–H and O–H groups in total. The van der Waals surface area contributed by atoms with Crippen molar-refractivity contribution in [3.05, 3.63) is 0 Å². The first-order valence-corrected chi connectivity index (χ1v) is 5.99. The van der Waals surface area contributed by atoms with Crippen LogP contribution < -0.4 is 0 Å². The molecule has 16 heavy (non-hydrogen) atoms. The van der Waals surface area contributed by atoms with E-state index in [9.17, 15) is 4.79 Å². The number of aliphatic hydroxyl groups excluding tert-OH is 1. The second kappa shape index (κ2) is 20.8. The maximum Gasteiger partial charge on any atom is 0.305 e. The van der Waals surface area contributed by atoms with Gasteiger partial charge in [0.2, 0.25) is 0 Å². The third kappa shape index (κ3) is 23.9. The minimum atomic E-state index is -0.0593. The van der Waals surface area contributed by atoms with Gasteiger partial charge in [-0.15, -0.1) is 0 Å². The van der Waals surface area contributed by atoms with E-state index in [-0.39, 0.29) is 35.5 Å². The fourth-order valence-electron chi connectivity index (χ4n) is 0.911. The van der Waals surface area contributed by atoms with Gasteiger partial charge in [-0.3, -0.25) is 4.79 Å². The van der Waals surface area contributed by atoms with Gasteiger partial charge in [-0.1, -0.05) is 33.1 Å². The third-order valence-electron chi connectivity index (χ3n) is 1.80. The predicted octanol–water partition coefficient (Wildman–Crippen LogP) is 2.53. The molecule has 0 aromatic heterocycles. The quantitative estimate of drug-likeness (QED) is 0.423. The van der Waals surface area contributed by atoms with Gasteiger partial charge in [-0.25, -0.2) is 0 Å². The maximum absolute atomic E-state index is 10.7. The molecule has 3 nitrogen and oxygen atoms in total. The largest absolute Gasteiger partial charge is 0.466 e. The van der Waals surface area contributed by atoms with Gasteiger partial charge in [-0.05, 0) is 19.8 Å². The molecule has 0 amide bonds. The van der Waals surface area contributed by atoms with Crippen molar-refractivity contribution in [1.82, 2.24) is 0 Å². The van der Waals surface area contributed by atoms with E-state index < -0.39 is 0 Å². The Bertz CT molecular complexity index is 127. The van der Waals surface area contributed by atoms with Crippen LogP contribution in [0.3, 0.4) is 0 Å². The van der Waals surface area contributed by atoms with Crippen LogP contribution in [0, 0.1) is 0 Å². The van der Waals surface area contributed by atoms with Gasteiger partial charge in [0.1, 0.15) is 0 Å². The zero-order valence-corrected chi connectivity index (χ0v) is 13.4. The summed E-state index contributed by atoms with van der Waals surface area (Å²) < 4.78 is 4.75. The first-order valence-electron chi connectivity index (χ1n) is 5.99. The zero-order valence-electron chi connectivity index (χ0n) is 11.4. The zero-order chi connectivity index (χ0) is 11.9. The second-order valence-electron chi connectivity index (χ2n) is 3.34. The summed E-state index contributed by atoms with van der Waals surface area (Å²) in [6.45, 7) is 6.85. The fraction of sp³-hybridized carbons (Fsp3) is 0.917. The molecule has 0 saturated heterocycles. The van der Waals surface area contributed by atoms with Gasteiger partial charge in [-0.2, -0.15) is 0 Å². The van der Waals surface area contributed by atoms with Crippen LogP contribution in [0.1, 0.15) is 59.3 Å².